The van der Waals surface area contributed by atoms with Gasteiger partial charge in [0.05, 0.1) is 0 Å². The molecule has 0 aromatic heterocycles. The molecule has 0 bridgehead atoms. The maximum Gasteiger partial charge on any atom is 0.251 e. The minimum atomic E-state index is 0.0338. The molecule has 0 aliphatic carbocycles. The van der Waals surface area contributed by atoms with E-state index in [2.05, 4.69) is 12.2 Å². The fourth-order valence-electron chi connectivity index (χ4n) is 1.36. The summed E-state index contributed by atoms with van der Waals surface area (Å²) in [6, 6.07) is 5.81. The minimum absolute atomic E-state index is 0.0338. The first kappa shape index (κ1) is 11.8. The van der Waals surface area contributed by atoms with Crippen LogP contribution in [0.3, 0.4) is 0 Å². The third kappa shape index (κ3) is 3.39. The van der Waals surface area contributed by atoms with Gasteiger partial charge >= 0.3 is 0 Å². The van der Waals surface area contributed by atoms with E-state index in [0.717, 1.165) is 30.5 Å². The molecule has 1 rings (SSSR count). The van der Waals surface area contributed by atoms with Crippen LogP contribution >= 0.6 is 0 Å². The molecule has 0 spiro atoms. The Morgan fingerprint density at radius 2 is 2.00 bits per heavy atom. The summed E-state index contributed by atoms with van der Waals surface area (Å²) in [4.78, 5) is 11.7. The summed E-state index contributed by atoms with van der Waals surface area (Å²) in [5.74, 6) is 0.0338. The minimum Gasteiger partial charge on any atom is -0.352 e. The molecule has 0 aliphatic heterocycles. The molecule has 2 nitrogen and oxygen atoms in total. The zero-order chi connectivity index (χ0) is 11.3. The average Bonchev–Trinajstić information content (AvgIpc) is 2.22. The van der Waals surface area contributed by atoms with E-state index in [9.17, 15) is 4.79 Å². The maximum atomic E-state index is 11.7. The predicted molar refractivity (Wildman–Crippen MR) is 63.2 cm³/mol. The SMILES string of the molecule is CCCCNC(=O)c1ccc(C)c(C)c1. The van der Waals surface area contributed by atoms with Crippen molar-refractivity contribution < 1.29 is 4.79 Å². The fourth-order valence-corrected chi connectivity index (χ4v) is 1.36. The van der Waals surface area contributed by atoms with Crippen LogP contribution in [0.15, 0.2) is 18.2 Å². The molecule has 82 valence electrons. The van der Waals surface area contributed by atoms with Gasteiger partial charge in [0.1, 0.15) is 0 Å². The molecule has 1 amide bonds. The number of carbonyl (C=O) groups is 1. The van der Waals surface area contributed by atoms with Crippen LogP contribution in [0.2, 0.25) is 0 Å². The molecular weight excluding hydrogens is 186 g/mol. The molecule has 2 heteroatoms. The van der Waals surface area contributed by atoms with Crippen LogP contribution in [0.25, 0.3) is 0 Å². The van der Waals surface area contributed by atoms with E-state index in [1.165, 1.54) is 5.56 Å². The summed E-state index contributed by atoms with van der Waals surface area (Å²) < 4.78 is 0. The van der Waals surface area contributed by atoms with Crippen LogP contribution in [0.4, 0.5) is 0 Å². The highest BCUT2D eigenvalue weighted by Gasteiger charge is 2.04. The van der Waals surface area contributed by atoms with E-state index in [1.807, 2.05) is 32.0 Å². The van der Waals surface area contributed by atoms with Gasteiger partial charge in [0.15, 0.2) is 0 Å². The number of aryl methyl sites for hydroxylation is 2. The van der Waals surface area contributed by atoms with Gasteiger partial charge in [-0.15, -0.1) is 0 Å². The summed E-state index contributed by atoms with van der Waals surface area (Å²) in [5.41, 5.74) is 3.15. The lowest BCUT2D eigenvalue weighted by atomic mass is 10.1. The molecule has 0 saturated carbocycles. The molecule has 0 unspecified atom stereocenters. The van der Waals surface area contributed by atoms with Gasteiger partial charge in [0.2, 0.25) is 0 Å². The van der Waals surface area contributed by atoms with Gasteiger partial charge in [-0.3, -0.25) is 4.79 Å². The standard InChI is InChI=1S/C13H19NO/c1-4-5-8-14-13(15)12-7-6-10(2)11(3)9-12/h6-7,9H,4-5,8H2,1-3H3,(H,14,15). The van der Waals surface area contributed by atoms with Crippen molar-refractivity contribution in [2.24, 2.45) is 0 Å². The van der Waals surface area contributed by atoms with Crippen LogP contribution in [0.1, 0.15) is 41.3 Å². The summed E-state index contributed by atoms with van der Waals surface area (Å²) in [6.45, 7) is 6.96. The third-order valence-corrected chi connectivity index (χ3v) is 2.58. The summed E-state index contributed by atoms with van der Waals surface area (Å²) >= 11 is 0. The lowest BCUT2D eigenvalue weighted by Gasteiger charge is -2.06. The number of nitrogens with one attached hydrogen (secondary N) is 1. The van der Waals surface area contributed by atoms with Crippen molar-refractivity contribution in [2.75, 3.05) is 6.54 Å². The van der Waals surface area contributed by atoms with Crippen molar-refractivity contribution in [1.82, 2.24) is 5.32 Å². The Morgan fingerprint density at radius 1 is 1.27 bits per heavy atom. The zero-order valence-corrected chi connectivity index (χ0v) is 9.76. The number of carbonyl (C=O) groups excluding carboxylic acids is 1. The van der Waals surface area contributed by atoms with E-state index in [4.69, 9.17) is 0 Å². The molecule has 0 fully saturated rings. The highest BCUT2D eigenvalue weighted by Crippen LogP contribution is 2.09. The summed E-state index contributed by atoms with van der Waals surface area (Å²) in [5, 5.41) is 2.91. The Morgan fingerprint density at radius 3 is 2.60 bits per heavy atom. The normalized spacial score (nSPS) is 10.1. The predicted octanol–water partition coefficient (Wildman–Crippen LogP) is 2.83. The molecule has 1 aromatic carbocycles. The molecule has 0 aliphatic rings. The number of benzene rings is 1. The van der Waals surface area contributed by atoms with E-state index in [0.29, 0.717) is 0 Å². The van der Waals surface area contributed by atoms with Crippen molar-refractivity contribution >= 4 is 5.91 Å². The van der Waals surface area contributed by atoms with Crippen LogP contribution in [-0.4, -0.2) is 12.5 Å². The van der Waals surface area contributed by atoms with Gasteiger partial charge in [-0.1, -0.05) is 19.4 Å². The second-order valence-corrected chi connectivity index (χ2v) is 3.91. The van der Waals surface area contributed by atoms with E-state index >= 15 is 0 Å². The van der Waals surface area contributed by atoms with Crippen molar-refractivity contribution in [1.29, 1.82) is 0 Å². The highest BCUT2D eigenvalue weighted by atomic mass is 16.1. The molecule has 15 heavy (non-hydrogen) atoms. The van der Waals surface area contributed by atoms with Crippen LogP contribution in [-0.2, 0) is 0 Å². The number of hydrogen-bond donors (Lipinski definition) is 1. The Labute approximate surface area is 91.7 Å². The molecule has 1 N–H and O–H groups in total. The summed E-state index contributed by atoms with van der Waals surface area (Å²) in [6.07, 6.45) is 2.14. The lowest BCUT2D eigenvalue weighted by Crippen LogP contribution is -2.24. The first-order valence-corrected chi connectivity index (χ1v) is 5.50. The fraction of sp³-hybridized carbons (Fsp3) is 0.462. The third-order valence-electron chi connectivity index (χ3n) is 2.58. The van der Waals surface area contributed by atoms with E-state index in [1.54, 1.807) is 0 Å². The van der Waals surface area contributed by atoms with E-state index < -0.39 is 0 Å². The Kier molecular flexibility index (Phi) is 4.35. The number of unbranched alkanes of at least 4 members (excludes halogenated alkanes) is 1. The van der Waals surface area contributed by atoms with Gasteiger partial charge in [-0.05, 0) is 43.5 Å². The van der Waals surface area contributed by atoms with Gasteiger partial charge in [-0.25, -0.2) is 0 Å². The van der Waals surface area contributed by atoms with Crippen molar-refractivity contribution in [3.63, 3.8) is 0 Å². The molecule has 0 heterocycles. The van der Waals surface area contributed by atoms with Gasteiger partial charge in [-0.2, -0.15) is 0 Å². The van der Waals surface area contributed by atoms with Crippen molar-refractivity contribution in [3.05, 3.63) is 34.9 Å². The topological polar surface area (TPSA) is 29.1 Å². The van der Waals surface area contributed by atoms with Crippen LogP contribution in [0, 0.1) is 13.8 Å². The van der Waals surface area contributed by atoms with Gasteiger partial charge < -0.3 is 5.32 Å². The first-order valence-electron chi connectivity index (χ1n) is 5.50. The van der Waals surface area contributed by atoms with Gasteiger partial charge in [0.25, 0.3) is 5.91 Å². The largest absolute Gasteiger partial charge is 0.352 e. The van der Waals surface area contributed by atoms with Crippen LogP contribution < -0.4 is 5.32 Å². The molecule has 1 aromatic rings. The maximum absolute atomic E-state index is 11.7. The second kappa shape index (κ2) is 5.54. The monoisotopic (exact) mass is 205 g/mol. The van der Waals surface area contributed by atoms with Crippen molar-refractivity contribution in [2.45, 2.75) is 33.6 Å². The average molecular weight is 205 g/mol. The highest BCUT2D eigenvalue weighted by molar-refractivity contribution is 5.94. The smallest absolute Gasteiger partial charge is 0.251 e. The Hall–Kier alpha value is -1.31. The first-order chi connectivity index (χ1) is 7.15. The number of hydrogen-bond acceptors (Lipinski definition) is 1. The Bertz CT molecular complexity index is 344. The van der Waals surface area contributed by atoms with E-state index in [-0.39, 0.29) is 5.91 Å². The summed E-state index contributed by atoms with van der Waals surface area (Å²) in [7, 11) is 0. The molecular formula is C13H19NO. The number of amides is 1. The lowest BCUT2D eigenvalue weighted by molar-refractivity contribution is 0.0953. The molecule has 0 atom stereocenters. The quantitative estimate of drug-likeness (QED) is 0.752. The second-order valence-electron chi connectivity index (χ2n) is 3.91. The van der Waals surface area contributed by atoms with Crippen molar-refractivity contribution in [3.8, 4) is 0 Å². The number of rotatable bonds is 4. The Balaban J connectivity index is 2.62. The van der Waals surface area contributed by atoms with Gasteiger partial charge in [0, 0.05) is 12.1 Å². The zero-order valence-electron chi connectivity index (χ0n) is 9.76. The molecule has 0 radical (unpaired) electrons. The molecule has 0 saturated heterocycles. The van der Waals surface area contributed by atoms with Crippen LogP contribution in [0.5, 0.6) is 0 Å².